The van der Waals surface area contributed by atoms with Crippen LogP contribution in [0.1, 0.15) is 118 Å². The predicted molar refractivity (Wildman–Crippen MR) is 167 cm³/mol. The van der Waals surface area contributed by atoms with Gasteiger partial charge in [-0.25, -0.2) is 0 Å². The molecule has 9 atom stereocenters. The van der Waals surface area contributed by atoms with E-state index >= 15 is 0 Å². The number of aliphatic hydroxyl groups is 2. The molecule has 1 saturated heterocycles. The van der Waals surface area contributed by atoms with Crippen LogP contribution >= 0.6 is 0 Å². The normalized spacial score (nSPS) is 37.8. The van der Waals surface area contributed by atoms with Crippen molar-refractivity contribution in [2.75, 3.05) is 13.2 Å². The lowest BCUT2D eigenvalue weighted by atomic mass is 9.46. The van der Waals surface area contributed by atoms with E-state index in [1.54, 1.807) is 12.2 Å². The fraction of sp³-hybridized carbons (Fsp3) is 0.806. The highest BCUT2D eigenvalue weighted by Crippen LogP contribution is 2.69. The average Bonchev–Trinajstić information content (AvgIpc) is 3.48. The fourth-order valence-electron chi connectivity index (χ4n) is 9.51. The van der Waals surface area contributed by atoms with Crippen molar-refractivity contribution in [2.24, 2.45) is 28.6 Å². The maximum absolute atomic E-state index is 13.2. The molecule has 9 nitrogen and oxygen atoms in total. The quantitative estimate of drug-likeness (QED) is 0.207. The predicted octanol–water partition coefficient (Wildman–Crippen LogP) is 5.20. The van der Waals surface area contributed by atoms with Crippen LogP contribution in [0.4, 0.5) is 4.79 Å². The monoisotopic (exact) mass is 631 g/mol. The summed E-state index contributed by atoms with van der Waals surface area (Å²) in [6.45, 7) is 8.17. The van der Waals surface area contributed by atoms with E-state index in [1.165, 1.54) is 38.5 Å². The lowest BCUT2D eigenvalue weighted by Gasteiger charge is -2.59. The standard InChI is InChI=1S/C25H34O6.C11H22O3/c1-4-5-21-30-20-11-17-16-7-6-14-10-15(27)8-9-23(14,2)22(16)18(28)12-24(17,3)25(20,31-21)19(29)13-26;1-2-3-4-5-6-7-8-9-10-14-11(12)13/h8-10,16-18,20-22,26,28H,4-7,11-13H2,1-3H3;2-10H2,1H3,(H,12,13)/p-1/t16-,17-,18-,20+,21?,22+,23-,24-,25+;/m0./s1. The molecule has 0 bridgehead atoms. The van der Waals surface area contributed by atoms with Gasteiger partial charge in [-0.2, -0.15) is 0 Å². The van der Waals surface area contributed by atoms with Gasteiger partial charge in [-0.3, -0.25) is 9.59 Å². The highest BCUT2D eigenvalue weighted by molar-refractivity contribution is 6.01. The van der Waals surface area contributed by atoms with E-state index < -0.39 is 42.3 Å². The van der Waals surface area contributed by atoms with Crippen molar-refractivity contribution in [3.8, 4) is 0 Å². The Balaban J connectivity index is 0.000000280. The number of carbonyl (C=O) groups excluding carboxylic acids is 3. The Bertz CT molecular complexity index is 1120. The van der Waals surface area contributed by atoms with Gasteiger partial charge in [0, 0.05) is 23.4 Å². The second-order valence-corrected chi connectivity index (χ2v) is 14.3. The Hall–Kier alpha value is -2.07. The molecular weight excluding hydrogens is 576 g/mol. The maximum atomic E-state index is 13.2. The Kier molecular flexibility index (Phi) is 12.1. The molecule has 0 aromatic heterocycles. The third kappa shape index (κ3) is 6.97. The van der Waals surface area contributed by atoms with Crippen molar-refractivity contribution in [3.63, 3.8) is 0 Å². The molecule has 0 radical (unpaired) electrons. The first-order chi connectivity index (χ1) is 21.5. The van der Waals surface area contributed by atoms with Crippen LogP contribution in [-0.2, 0) is 23.8 Å². The van der Waals surface area contributed by atoms with Crippen molar-refractivity contribution < 1.29 is 43.9 Å². The molecular formula is C36H55O9-. The van der Waals surface area contributed by atoms with E-state index in [1.807, 2.05) is 6.08 Å². The van der Waals surface area contributed by atoms with Crippen molar-refractivity contribution in [3.05, 3.63) is 23.8 Å². The third-order valence-corrected chi connectivity index (χ3v) is 11.6. The zero-order valence-corrected chi connectivity index (χ0v) is 27.8. The average molecular weight is 632 g/mol. The number of ether oxygens (including phenoxy) is 3. The second kappa shape index (κ2) is 15.2. The number of hydrogen-bond donors (Lipinski definition) is 2. The molecule has 4 fully saturated rings. The SMILES string of the molecule is CCCC1O[C@@H]2C[C@H]3[C@@H]4CCC5=CC(=O)C=C[C@]5(C)[C@H]4[C@@H](O)C[C@]3(C)[C@]2(C(=O)CO)O1.CCCCCCCCCCOC(=O)[O-]. The molecule has 45 heavy (non-hydrogen) atoms. The number of carboxylic acid groups (broad SMARTS) is 1. The van der Waals surface area contributed by atoms with Gasteiger partial charge >= 0.3 is 0 Å². The van der Waals surface area contributed by atoms with Gasteiger partial charge in [0.15, 0.2) is 23.5 Å². The third-order valence-electron chi connectivity index (χ3n) is 11.6. The van der Waals surface area contributed by atoms with Gasteiger partial charge in [0.25, 0.3) is 6.16 Å². The second-order valence-electron chi connectivity index (χ2n) is 14.3. The van der Waals surface area contributed by atoms with E-state index in [0.717, 1.165) is 37.7 Å². The summed E-state index contributed by atoms with van der Waals surface area (Å²) in [5.41, 5.74) is -1.05. The van der Waals surface area contributed by atoms with Crippen LogP contribution in [0.3, 0.4) is 0 Å². The first-order valence-electron chi connectivity index (χ1n) is 17.4. The highest BCUT2D eigenvalue weighted by atomic mass is 16.7. The lowest BCUT2D eigenvalue weighted by Crippen LogP contribution is -2.63. The number of hydrogen-bond acceptors (Lipinski definition) is 9. The molecule has 254 valence electrons. The number of unbranched alkanes of at least 4 members (excludes halogenated alkanes) is 7. The molecule has 1 unspecified atom stereocenters. The van der Waals surface area contributed by atoms with Crippen molar-refractivity contribution in [1.29, 1.82) is 0 Å². The van der Waals surface area contributed by atoms with Crippen LogP contribution in [0.5, 0.6) is 0 Å². The summed E-state index contributed by atoms with van der Waals surface area (Å²) in [5, 5.41) is 31.3. The minimum Gasteiger partial charge on any atom is -0.550 e. The summed E-state index contributed by atoms with van der Waals surface area (Å²) in [4.78, 5) is 35.1. The van der Waals surface area contributed by atoms with E-state index in [4.69, 9.17) is 9.47 Å². The molecule has 0 aromatic carbocycles. The van der Waals surface area contributed by atoms with E-state index in [2.05, 4.69) is 32.4 Å². The summed E-state index contributed by atoms with van der Waals surface area (Å²) in [7, 11) is 0. The molecule has 0 spiro atoms. The van der Waals surface area contributed by atoms with Crippen molar-refractivity contribution in [2.45, 2.75) is 142 Å². The van der Waals surface area contributed by atoms with Crippen LogP contribution in [0.25, 0.3) is 0 Å². The molecule has 9 heteroatoms. The number of allylic oxidation sites excluding steroid dienone is 4. The van der Waals surface area contributed by atoms with Gasteiger partial charge in [-0.15, -0.1) is 0 Å². The summed E-state index contributed by atoms with van der Waals surface area (Å²) in [5.74, 6) is 0.0274. The highest BCUT2D eigenvalue weighted by Gasteiger charge is 2.75. The van der Waals surface area contributed by atoms with Gasteiger partial charge in [-0.1, -0.05) is 90.7 Å². The molecule has 5 aliphatic rings. The molecule has 3 saturated carbocycles. The smallest absolute Gasteiger partial charge is 0.251 e. The number of carbonyl (C=O) groups is 3. The summed E-state index contributed by atoms with van der Waals surface area (Å²) < 4.78 is 17.0. The number of fused-ring (bicyclic) bond motifs is 7. The largest absolute Gasteiger partial charge is 0.550 e. The zero-order chi connectivity index (χ0) is 32.8. The zero-order valence-electron chi connectivity index (χ0n) is 27.8. The molecule has 5 rings (SSSR count). The minimum absolute atomic E-state index is 0.0125. The first-order valence-corrected chi connectivity index (χ1v) is 17.4. The topological polar surface area (TPSA) is 142 Å². The fourth-order valence-corrected chi connectivity index (χ4v) is 9.51. The van der Waals surface area contributed by atoms with Crippen LogP contribution in [0, 0.1) is 28.6 Å². The van der Waals surface area contributed by atoms with E-state index in [-0.39, 0.29) is 41.3 Å². The van der Waals surface area contributed by atoms with Gasteiger partial charge in [0.2, 0.25) is 0 Å². The van der Waals surface area contributed by atoms with Gasteiger partial charge in [0.1, 0.15) is 6.61 Å². The van der Waals surface area contributed by atoms with Gasteiger partial charge in [-0.05, 0) is 62.5 Å². The first kappa shape index (κ1) is 35.8. The molecule has 4 aliphatic carbocycles. The van der Waals surface area contributed by atoms with Gasteiger partial charge in [0.05, 0.1) is 12.2 Å². The summed E-state index contributed by atoms with van der Waals surface area (Å²) in [6.07, 6.45) is 16.4. The Morgan fingerprint density at radius 2 is 1.76 bits per heavy atom. The number of rotatable bonds is 13. The van der Waals surface area contributed by atoms with Crippen molar-refractivity contribution in [1.82, 2.24) is 0 Å². The Labute approximate surface area is 268 Å². The number of ketones is 2. The summed E-state index contributed by atoms with van der Waals surface area (Å²) >= 11 is 0. The van der Waals surface area contributed by atoms with Crippen LogP contribution in [0.15, 0.2) is 23.8 Å². The van der Waals surface area contributed by atoms with Crippen LogP contribution < -0.4 is 5.11 Å². The van der Waals surface area contributed by atoms with E-state index in [0.29, 0.717) is 19.3 Å². The molecule has 2 N–H and O–H groups in total. The lowest BCUT2D eigenvalue weighted by molar-refractivity contribution is -0.282. The molecule has 1 heterocycles. The van der Waals surface area contributed by atoms with Gasteiger partial charge < -0.3 is 34.3 Å². The molecule has 0 amide bonds. The summed E-state index contributed by atoms with van der Waals surface area (Å²) in [6, 6.07) is 0. The molecule has 0 aromatic rings. The van der Waals surface area contributed by atoms with Crippen LogP contribution in [-0.4, -0.2) is 65.2 Å². The Morgan fingerprint density at radius 3 is 2.40 bits per heavy atom. The number of Topliss-reactive ketones (excluding diaryl/α,β-unsaturated/α-hetero) is 1. The number of aliphatic hydroxyl groups excluding tert-OH is 2. The Morgan fingerprint density at radius 1 is 1.07 bits per heavy atom. The van der Waals surface area contributed by atoms with Crippen molar-refractivity contribution >= 4 is 17.7 Å². The minimum atomic E-state index is -1.41. The van der Waals surface area contributed by atoms with Crippen LogP contribution in [0.2, 0.25) is 0 Å². The van der Waals surface area contributed by atoms with E-state index in [9.17, 15) is 29.7 Å². The molecule has 1 aliphatic heterocycles. The maximum Gasteiger partial charge on any atom is 0.251 e.